The third-order valence-corrected chi connectivity index (χ3v) is 12.0. The van der Waals surface area contributed by atoms with Crippen molar-refractivity contribution in [2.75, 3.05) is 5.73 Å². The molecular weight excluding hydrogens is 753 g/mol. The largest absolute Gasteiger partial charge is 0.368 e. The van der Waals surface area contributed by atoms with Gasteiger partial charge in [-0.2, -0.15) is 16.8 Å². The van der Waals surface area contributed by atoms with Gasteiger partial charge in [0.25, 0.3) is 20.2 Å². The highest BCUT2D eigenvalue weighted by molar-refractivity contribution is 7.90. The number of halogens is 2. The zero-order valence-corrected chi connectivity index (χ0v) is 30.1. The first kappa shape index (κ1) is 37.2. The van der Waals surface area contributed by atoms with Gasteiger partial charge in [0, 0.05) is 21.9 Å². The topological polar surface area (TPSA) is 215 Å². The van der Waals surface area contributed by atoms with Gasteiger partial charge in [-0.1, -0.05) is 66.7 Å². The number of aromatic nitrogens is 4. The summed E-state index contributed by atoms with van der Waals surface area (Å²) < 4.78 is 119. The summed E-state index contributed by atoms with van der Waals surface area (Å²) in [5.74, 6) is -1.65. The quantitative estimate of drug-likeness (QED) is 0.127. The lowest BCUT2D eigenvalue weighted by molar-refractivity contribution is 0.481. The predicted molar refractivity (Wildman–Crippen MR) is 196 cm³/mol. The molecule has 5 aromatic carbocycles. The molecule has 0 aliphatic rings. The molecule has 0 spiro atoms. The second-order valence-corrected chi connectivity index (χ2v) is 17.0. The fourth-order valence-electron chi connectivity index (χ4n) is 5.64. The molecule has 0 aliphatic heterocycles. The van der Waals surface area contributed by atoms with Gasteiger partial charge in [0.05, 0.1) is 33.2 Å². The van der Waals surface area contributed by atoms with Crippen molar-refractivity contribution in [1.29, 1.82) is 0 Å². The third kappa shape index (κ3) is 7.14. The van der Waals surface area contributed by atoms with Gasteiger partial charge in [-0.05, 0) is 50.2 Å². The molecule has 18 heteroatoms. The summed E-state index contributed by atoms with van der Waals surface area (Å²) in [4.78, 5) is 11.0. The number of aromatic amines is 1. The van der Waals surface area contributed by atoms with Crippen LogP contribution in [0.4, 0.5) is 14.7 Å². The molecule has 2 heterocycles. The number of nitrogens with zero attached hydrogens (tertiary/aromatic N) is 3. The molecule has 0 saturated carbocycles. The zero-order valence-electron chi connectivity index (χ0n) is 27.6. The van der Waals surface area contributed by atoms with Crippen molar-refractivity contribution in [3.63, 3.8) is 0 Å². The lowest BCUT2D eigenvalue weighted by Crippen LogP contribution is -2.23. The summed E-state index contributed by atoms with van der Waals surface area (Å²) in [7, 11) is -12.7. The SMILES string of the molecule is CC(C)S(=O)(=O)n1c(N)nc2ccc(-c3nc(-c4c(F)cccc4F)[nH]c3-c3ccccc3)cc21.O=S(=O)(O)c1cccc2c(S(=O)(=O)O)cccc12. The Bertz CT molecular complexity index is 2790. The predicted octanol–water partition coefficient (Wildman–Crippen LogP) is 6.54. The maximum Gasteiger partial charge on any atom is 0.295 e. The van der Waals surface area contributed by atoms with E-state index in [1.54, 1.807) is 32.0 Å². The van der Waals surface area contributed by atoms with Crippen molar-refractivity contribution in [3.05, 3.63) is 115 Å². The van der Waals surface area contributed by atoms with Crippen LogP contribution in [0.25, 0.3) is 55.7 Å². The Balaban J connectivity index is 0.000000225. The van der Waals surface area contributed by atoms with Gasteiger partial charge in [-0.3, -0.25) is 9.11 Å². The van der Waals surface area contributed by atoms with E-state index in [0.717, 1.165) is 33.8 Å². The van der Waals surface area contributed by atoms with Crippen LogP contribution in [0.1, 0.15) is 13.8 Å². The Labute approximate surface area is 302 Å². The van der Waals surface area contributed by atoms with Gasteiger partial charge in [-0.25, -0.2) is 31.1 Å². The highest BCUT2D eigenvalue weighted by Gasteiger charge is 2.26. The smallest absolute Gasteiger partial charge is 0.295 e. The number of hydrogen-bond acceptors (Lipinski definition) is 9. The van der Waals surface area contributed by atoms with E-state index in [0.29, 0.717) is 22.5 Å². The Morgan fingerprint density at radius 1 is 0.698 bits per heavy atom. The highest BCUT2D eigenvalue weighted by Crippen LogP contribution is 2.36. The van der Waals surface area contributed by atoms with E-state index in [4.69, 9.17) is 14.8 Å². The molecule has 0 saturated heterocycles. The summed E-state index contributed by atoms with van der Waals surface area (Å²) in [6, 6.07) is 25.3. The zero-order chi connectivity index (χ0) is 38.5. The van der Waals surface area contributed by atoms with Gasteiger partial charge < -0.3 is 10.7 Å². The number of nitrogens with two attached hydrogens (primary N) is 1. The maximum atomic E-state index is 14.6. The summed E-state index contributed by atoms with van der Waals surface area (Å²) in [5, 5.41) is -0.683. The minimum Gasteiger partial charge on any atom is -0.368 e. The molecule has 0 fully saturated rings. The van der Waals surface area contributed by atoms with Gasteiger partial charge in [0.15, 0.2) is 0 Å². The molecule has 274 valence electrons. The molecule has 0 unspecified atom stereocenters. The average molecular weight is 782 g/mol. The summed E-state index contributed by atoms with van der Waals surface area (Å²) in [5.41, 5.74) is 8.54. The van der Waals surface area contributed by atoms with Crippen molar-refractivity contribution in [3.8, 4) is 33.9 Å². The number of benzene rings is 5. The fourth-order valence-corrected chi connectivity index (χ4v) is 8.20. The maximum absolute atomic E-state index is 14.6. The van der Waals surface area contributed by atoms with E-state index in [-0.39, 0.29) is 33.6 Å². The first-order valence-corrected chi connectivity index (χ1v) is 19.9. The Hall–Kier alpha value is -5.53. The van der Waals surface area contributed by atoms with Crippen LogP contribution in [-0.2, 0) is 30.3 Å². The number of nitrogens with one attached hydrogen (secondary N) is 1. The first-order chi connectivity index (χ1) is 24.9. The van der Waals surface area contributed by atoms with Gasteiger partial charge >= 0.3 is 0 Å². The molecule has 0 aliphatic carbocycles. The standard InChI is InChI=1S/C25H21F2N5O2S.C10H8O6S2/c1-14(2)35(33,34)32-20-13-16(11-12-19(20)29-25(32)28)23-22(15-7-4-3-5-8-15)30-24(31-23)21-17(26)9-6-10-18(21)27;11-17(12,13)9-5-1-3-7-8(9)4-2-6-10(7)18(14,15)16/h3-14H,1-2H3,(H2,28,29)(H,30,31);1-6H,(H,11,12,13)(H,14,15,16). The lowest BCUT2D eigenvalue weighted by Gasteiger charge is -2.11. The van der Waals surface area contributed by atoms with E-state index in [1.165, 1.54) is 30.3 Å². The van der Waals surface area contributed by atoms with Crippen molar-refractivity contribution < 1.29 is 43.1 Å². The number of rotatable bonds is 7. The van der Waals surface area contributed by atoms with Gasteiger partial charge in [0.2, 0.25) is 16.0 Å². The van der Waals surface area contributed by atoms with Crippen LogP contribution in [-0.4, -0.2) is 58.5 Å². The first-order valence-electron chi connectivity index (χ1n) is 15.5. The fraction of sp³-hybridized carbons (Fsp3) is 0.0857. The van der Waals surface area contributed by atoms with Crippen molar-refractivity contribution in [2.24, 2.45) is 0 Å². The van der Waals surface area contributed by atoms with Crippen LogP contribution in [0.2, 0.25) is 0 Å². The normalized spacial score (nSPS) is 12.3. The molecule has 7 aromatic rings. The molecule has 13 nitrogen and oxygen atoms in total. The van der Waals surface area contributed by atoms with Crippen LogP contribution >= 0.6 is 0 Å². The Morgan fingerprint density at radius 3 is 1.77 bits per heavy atom. The molecule has 0 radical (unpaired) electrons. The number of hydrogen-bond donors (Lipinski definition) is 4. The molecule has 0 bridgehead atoms. The number of imidazole rings is 2. The van der Waals surface area contributed by atoms with Crippen LogP contribution in [0.3, 0.4) is 0 Å². The second-order valence-electron chi connectivity index (χ2n) is 11.9. The highest BCUT2D eigenvalue weighted by atomic mass is 32.2. The van der Waals surface area contributed by atoms with E-state index in [9.17, 15) is 34.0 Å². The van der Waals surface area contributed by atoms with E-state index >= 15 is 0 Å². The van der Waals surface area contributed by atoms with Crippen molar-refractivity contribution in [2.45, 2.75) is 28.9 Å². The molecule has 0 atom stereocenters. The number of anilines is 1. The summed E-state index contributed by atoms with van der Waals surface area (Å²) >= 11 is 0. The Morgan fingerprint density at radius 2 is 1.25 bits per heavy atom. The molecule has 53 heavy (non-hydrogen) atoms. The van der Waals surface area contributed by atoms with E-state index < -0.39 is 56.9 Å². The molecule has 2 aromatic heterocycles. The van der Waals surface area contributed by atoms with Crippen LogP contribution in [0, 0.1) is 11.6 Å². The minimum atomic E-state index is -4.47. The molecule has 7 rings (SSSR count). The summed E-state index contributed by atoms with van der Waals surface area (Å²) in [6.07, 6.45) is 0. The van der Waals surface area contributed by atoms with Crippen molar-refractivity contribution >= 4 is 58.0 Å². The van der Waals surface area contributed by atoms with Crippen LogP contribution < -0.4 is 5.73 Å². The van der Waals surface area contributed by atoms with Crippen LogP contribution in [0.15, 0.2) is 113 Å². The van der Waals surface area contributed by atoms with Gasteiger partial charge in [0.1, 0.15) is 27.2 Å². The lowest BCUT2D eigenvalue weighted by atomic mass is 10.0. The molecular formula is C35H29F2N5O8S3. The number of fused-ring (bicyclic) bond motifs is 2. The summed E-state index contributed by atoms with van der Waals surface area (Å²) in [6.45, 7) is 3.11. The molecule has 0 amide bonds. The number of H-pyrrole nitrogens is 1. The third-order valence-electron chi connectivity index (χ3n) is 8.12. The van der Waals surface area contributed by atoms with Crippen molar-refractivity contribution in [1.82, 2.24) is 18.9 Å². The second kappa shape index (κ2) is 13.8. The van der Waals surface area contributed by atoms with E-state index in [1.807, 2.05) is 30.3 Å². The minimum absolute atomic E-state index is 0.0115. The monoisotopic (exact) mass is 781 g/mol. The average Bonchev–Trinajstić information content (AvgIpc) is 3.68. The van der Waals surface area contributed by atoms with E-state index in [2.05, 4.69) is 15.0 Å². The van der Waals surface area contributed by atoms with Gasteiger partial charge in [-0.15, -0.1) is 0 Å². The molecule has 5 N–H and O–H groups in total. The van der Waals surface area contributed by atoms with Crippen LogP contribution in [0.5, 0.6) is 0 Å². The number of nitrogen functional groups attached to an aromatic ring is 1. The Kier molecular flexibility index (Phi) is 9.69.